The minimum Gasteiger partial charge on any atom is -0.376 e. The highest BCUT2D eigenvalue weighted by atomic mass is 16.5. The average molecular weight is 287 g/mol. The zero-order valence-electron chi connectivity index (χ0n) is 12.7. The van der Waals surface area contributed by atoms with Crippen LogP contribution in [-0.2, 0) is 11.4 Å². The minimum absolute atomic E-state index is 0.0254. The van der Waals surface area contributed by atoms with Gasteiger partial charge in [-0.15, -0.1) is 0 Å². The van der Waals surface area contributed by atoms with Crippen molar-refractivity contribution in [3.05, 3.63) is 40.3 Å². The molecule has 5 nitrogen and oxygen atoms in total. The van der Waals surface area contributed by atoms with Gasteiger partial charge in [0.25, 0.3) is 5.56 Å². The Balaban J connectivity index is 1.97. The van der Waals surface area contributed by atoms with E-state index in [1.807, 2.05) is 31.2 Å². The van der Waals surface area contributed by atoms with E-state index < -0.39 is 0 Å². The molecule has 2 heterocycles. The summed E-state index contributed by atoms with van der Waals surface area (Å²) in [6.45, 7) is 8.15. The van der Waals surface area contributed by atoms with Gasteiger partial charge in [0.1, 0.15) is 0 Å². The third-order valence-corrected chi connectivity index (χ3v) is 4.10. The van der Waals surface area contributed by atoms with Crippen molar-refractivity contribution in [1.29, 1.82) is 0 Å². The van der Waals surface area contributed by atoms with Crippen molar-refractivity contribution < 1.29 is 4.74 Å². The van der Waals surface area contributed by atoms with Crippen LogP contribution >= 0.6 is 0 Å². The normalized spacial score (nSPS) is 23.6. The van der Waals surface area contributed by atoms with Crippen molar-refractivity contribution in [1.82, 2.24) is 14.7 Å². The van der Waals surface area contributed by atoms with Gasteiger partial charge < -0.3 is 4.74 Å². The van der Waals surface area contributed by atoms with Gasteiger partial charge in [0.2, 0.25) is 0 Å². The fourth-order valence-electron chi connectivity index (χ4n) is 2.84. The van der Waals surface area contributed by atoms with Crippen LogP contribution in [0, 0.1) is 6.92 Å². The number of hydrogen-bond acceptors (Lipinski definition) is 4. The minimum atomic E-state index is -0.0254. The number of aromatic nitrogens is 2. The second-order valence-corrected chi connectivity index (χ2v) is 5.84. The first-order valence-corrected chi connectivity index (χ1v) is 7.38. The molecule has 1 saturated heterocycles. The highest BCUT2D eigenvalue weighted by Crippen LogP contribution is 2.14. The molecular weight excluding hydrogens is 266 g/mol. The third-order valence-electron chi connectivity index (χ3n) is 4.10. The second-order valence-electron chi connectivity index (χ2n) is 5.84. The number of nitrogens with zero attached hydrogens (tertiary/aromatic N) is 3. The van der Waals surface area contributed by atoms with Crippen molar-refractivity contribution in [3.8, 4) is 0 Å². The molecule has 2 unspecified atom stereocenters. The molecule has 0 saturated carbocycles. The molecule has 0 spiro atoms. The van der Waals surface area contributed by atoms with Crippen molar-refractivity contribution in [3.63, 3.8) is 0 Å². The summed E-state index contributed by atoms with van der Waals surface area (Å²) in [5.74, 6) is 0. The Morgan fingerprint density at radius 2 is 2.00 bits per heavy atom. The molecule has 0 aliphatic carbocycles. The lowest BCUT2D eigenvalue weighted by atomic mass is 10.1. The SMILES string of the molecule is Cc1nn(CN2CC(C)OCC2C)c(=O)c2ccccc12. The Bertz CT molecular complexity index is 710. The number of benzene rings is 1. The maximum Gasteiger partial charge on any atom is 0.275 e. The average Bonchev–Trinajstić information content (AvgIpc) is 2.48. The van der Waals surface area contributed by atoms with Crippen LogP contribution in [-0.4, -0.2) is 40.0 Å². The molecule has 5 heteroatoms. The summed E-state index contributed by atoms with van der Waals surface area (Å²) < 4.78 is 7.21. The van der Waals surface area contributed by atoms with Crippen molar-refractivity contribution in [2.45, 2.75) is 39.6 Å². The first-order valence-electron chi connectivity index (χ1n) is 7.38. The van der Waals surface area contributed by atoms with Gasteiger partial charge in [0, 0.05) is 18.0 Å². The molecule has 0 radical (unpaired) electrons. The first kappa shape index (κ1) is 14.2. The highest BCUT2D eigenvalue weighted by Gasteiger charge is 2.24. The largest absolute Gasteiger partial charge is 0.376 e. The number of morpholine rings is 1. The summed E-state index contributed by atoms with van der Waals surface area (Å²) in [5, 5.41) is 6.14. The number of aryl methyl sites for hydroxylation is 1. The lowest BCUT2D eigenvalue weighted by Gasteiger charge is -2.36. The summed E-state index contributed by atoms with van der Waals surface area (Å²) in [4.78, 5) is 14.8. The Kier molecular flexibility index (Phi) is 3.78. The summed E-state index contributed by atoms with van der Waals surface area (Å²) in [6.07, 6.45) is 0.193. The van der Waals surface area contributed by atoms with Gasteiger partial charge in [0.05, 0.1) is 30.5 Å². The molecule has 2 aromatic rings. The monoisotopic (exact) mass is 287 g/mol. The van der Waals surface area contributed by atoms with Crippen LogP contribution in [0.4, 0.5) is 0 Å². The van der Waals surface area contributed by atoms with Crippen LogP contribution in [0.2, 0.25) is 0 Å². The van der Waals surface area contributed by atoms with E-state index in [-0.39, 0.29) is 11.7 Å². The molecule has 1 aliphatic heterocycles. The van der Waals surface area contributed by atoms with Gasteiger partial charge in [-0.1, -0.05) is 18.2 Å². The second kappa shape index (κ2) is 5.58. The van der Waals surface area contributed by atoms with Gasteiger partial charge in [0.15, 0.2) is 0 Å². The topological polar surface area (TPSA) is 47.4 Å². The Hall–Kier alpha value is -1.72. The predicted molar refractivity (Wildman–Crippen MR) is 82.3 cm³/mol. The van der Waals surface area contributed by atoms with Gasteiger partial charge >= 0.3 is 0 Å². The maximum absolute atomic E-state index is 12.6. The van der Waals surface area contributed by atoms with Gasteiger partial charge in [-0.2, -0.15) is 5.10 Å². The zero-order valence-corrected chi connectivity index (χ0v) is 12.7. The predicted octanol–water partition coefficient (Wildman–Crippen LogP) is 1.77. The van der Waals surface area contributed by atoms with E-state index in [1.165, 1.54) is 0 Å². The van der Waals surface area contributed by atoms with E-state index in [9.17, 15) is 4.79 Å². The van der Waals surface area contributed by atoms with Crippen molar-refractivity contribution in [2.75, 3.05) is 13.2 Å². The van der Waals surface area contributed by atoms with Gasteiger partial charge in [-0.3, -0.25) is 9.69 Å². The summed E-state index contributed by atoms with van der Waals surface area (Å²) >= 11 is 0. The molecule has 112 valence electrons. The number of hydrogen-bond donors (Lipinski definition) is 0. The van der Waals surface area contributed by atoms with Gasteiger partial charge in [-0.05, 0) is 26.8 Å². The van der Waals surface area contributed by atoms with E-state index in [2.05, 4.69) is 23.8 Å². The molecule has 1 fully saturated rings. The summed E-state index contributed by atoms with van der Waals surface area (Å²) in [6, 6.07) is 7.94. The van der Waals surface area contributed by atoms with E-state index in [4.69, 9.17) is 4.74 Å². The molecule has 0 amide bonds. The van der Waals surface area contributed by atoms with Crippen LogP contribution in [0.3, 0.4) is 0 Å². The summed E-state index contributed by atoms with van der Waals surface area (Å²) in [5.41, 5.74) is 0.863. The standard InChI is InChI=1S/C16H21N3O2/c1-11-9-21-12(2)8-18(11)10-19-16(20)15-7-5-4-6-14(15)13(3)17-19/h4-7,11-12H,8-10H2,1-3H3. The fourth-order valence-corrected chi connectivity index (χ4v) is 2.84. The molecule has 1 aromatic carbocycles. The fraction of sp³-hybridized carbons (Fsp3) is 0.500. The number of rotatable bonds is 2. The maximum atomic E-state index is 12.6. The van der Waals surface area contributed by atoms with E-state index in [0.717, 1.165) is 23.0 Å². The van der Waals surface area contributed by atoms with Crippen LogP contribution in [0.15, 0.2) is 29.1 Å². The molecule has 0 N–H and O–H groups in total. The molecule has 2 atom stereocenters. The highest BCUT2D eigenvalue weighted by molar-refractivity contribution is 5.83. The Morgan fingerprint density at radius 1 is 1.29 bits per heavy atom. The molecule has 21 heavy (non-hydrogen) atoms. The van der Waals surface area contributed by atoms with Gasteiger partial charge in [-0.25, -0.2) is 4.68 Å². The van der Waals surface area contributed by atoms with Crippen LogP contribution in [0.1, 0.15) is 19.5 Å². The molecule has 1 aromatic heterocycles. The van der Waals surface area contributed by atoms with E-state index >= 15 is 0 Å². The Morgan fingerprint density at radius 3 is 2.76 bits per heavy atom. The first-order chi connectivity index (χ1) is 10.1. The van der Waals surface area contributed by atoms with E-state index in [1.54, 1.807) is 4.68 Å². The molecular formula is C16H21N3O2. The van der Waals surface area contributed by atoms with E-state index in [0.29, 0.717) is 19.3 Å². The zero-order chi connectivity index (χ0) is 15.0. The Labute approximate surface area is 124 Å². The third kappa shape index (κ3) is 2.71. The smallest absolute Gasteiger partial charge is 0.275 e. The number of ether oxygens (including phenoxy) is 1. The van der Waals surface area contributed by atoms with Crippen LogP contribution in [0.5, 0.6) is 0 Å². The summed E-state index contributed by atoms with van der Waals surface area (Å²) in [7, 11) is 0. The molecule has 3 rings (SSSR count). The van der Waals surface area contributed by atoms with Crippen LogP contribution in [0.25, 0.3) is 10.8 Å². The lowest BCUT2D eigenvalue weighted by molar-refractivity contribution is -0.0628. The molecule has 1 aliphatic rings. The lowest BCUT2D eigenvalue weighted by Crippen LogP contribution is -2.49. The quantitative estimate of drug-likeness (QED) is 0.844. The number of fused-ring (bicyclic) bond motifs is 1. The van der Waals surface area contributed by atoms with Crippen molar-refractivity contribution in [2.24, 2.45) is 0 Å². The van der Waals surface area contributed by atoms with Crippen LogP contribution < -0.4 is 5.56 Å². The molecule has 0 bridgehead atoms. The van der Waals surface area contributed by atoms with Crippen molar-refractivity contribution >= 4 is 10.8 Å².